The quantitative estimate of drug-likeness (QED) is 0.875. The summed E-state index contributed by atoms with van der Waals surface area (Å²) in [5, 5.41) is 7.58. The van der Waals surface area contributed by atoms with Gasteiger partial charge in [0.1, 0.15) is 0 Å². The number of hydrogen-bond acceptors (Lipinski definition) is 2. The van der Waals surface area contributed by atoms with Crippen LogP contribution in [0.4, 0.5) is 0 Å². The SMILES string of the molecule is Cc1nn(C)c(C)c1C[C@H](C)NC(=O)CCC1CCCC1. The standard InChI is InChI=1S/C17H29N3O/c1-12(11-16-13(2)19-20(4)14(16)3)18-17(21)10-9-15-7-5-6-8-15/h12,15H,5-11H2,1-4H3,(H,18,21)/t12-/m0/s1. The fourth-order valence-electron chi connectivity index (χ4n) is 3.45. The second kappa shape index (κ2) is 7.10. The van der Waals surface area contributed by atoms with Crippen molar-refractivity contribution in [1.29, 1.82) is 0 Å². The molecule has 118 valence electrons. The number of nitrogens with one attached hydrogen (secondary N) is 1. The second-order valence-corrected chi connectivity index (χ2v) is 6.63. The topological polar surface area (TPSA) is 46.9 Å². The average molecular weight is 291 g/mol. The van der Waals surface area contributed by atoms with Gasteiger partial charge < -0.3 is 5.32 Å². The highest BCUT2D eigenvalue weighted by Crippen LogP contribution is 2.28. The van der Waals surface area contributed by atoms with E-state index >= 15 is 0 Å². The molecular formula is C17H29N3O. The lowest BCUT2D eigenvalue weighted by molar-refractivity contribution is -0.122. The Bertz CT molecular complexity index is 486. The fourth-order valence-corrected chi connectivity index (χ4v) is 3.45. The van der Waals surface area contributed by atoms with Gasteiger partial charge in [0.25, 0.3) is 0 Å². The molecule has 1 aromatic heterocycles. The number of carbonyl (C=O) groups excluding carboxylic acids is 1. The van der Waals surface area contributed by atoms with Gasteiger partial charge in [0, 0.05) is 25.2 Å². The monoisotopic (exact) mass is 291 g/mol. The van der Waals surface area contributed by atoms with Gasteiger partial charge in [-0.1, -0.05) is 25.7 Å². The Morgan fingerprint density at radius 1 is 1.38 bits per heavy atom. The molecule has 0 radical (unpaired) electrons. The Morgan fingerprint density at radius 3 is 2.62 bits per heavy atom. The molecule has 1 heterocycles. The van der Waals surface area contributed by atoms with Gasteiger partial charge in [0.15, 0.2) is 0 Å². The number of nitrogens with zero attached hydrogens (tertiary/aromatic N) is 2. The van der Waals surface area contributed by atoms with Crippen molar-refractivity contribution in [3.05, 3.63) is 17.0 Å². The van der Waals surface area contributed by atoms with E-state index in [1.165, 1.54) is 36.9 Å². The minimum atomic E-state index is 0.169. The summed E-state index contributed by atoms with van der Waals surface area (Å²) in [6.07, 6.45) is 7.93. The third kappa shape index (κ3) is 4.32. The van der Waals surface area contributed by atoms with Gasteiger partial charge in [-0.3, -0.25) is 9.48 Å². The van der Waals surface area contributed by atoms with Crippen LogP contribution in [-0.2, 0) is 18.3 Å². The largest absolute Gasteiger partial charge is 0.353 e. The number of aryl methyl sites for hydroxylation is 2. The van der Waals surface area contributed by atoms with Gasteiger partial charge in [-0.15, -0.1) is 0 Å². The Kier molecular flexibility index (Phi) is 5.43. The van der Waals surface area contributed by atoms with Gasteiger partial charge in [-0.05, 0) is 45.1 Å². The van der Waals surface area contributed by atoms with Crippen molar-refractivity contribution in [2.45, 2.75) is 71.8 Å². The highest BCUT2D eigenvalue weighted by atomic mass is 16.1. The number of rotatable bonds is 6. The molecule has 1 aromatic rings. The molecule has 0 aliphatic heterocycles. The Hall–Kier alpha value is -1.32. The maximum absolute atomic E-state index is 12.0. The predicted octanol–water partition coefficient (Wildman–Crippen LogP) is 3.05. The van der Waals surface area contributed by atoms with Crippen LogP contribution in [0.1, 0.15) is 62.4 Å². The molecule has 1 aliphatic carbocycles. The smallest absolute Gasteiger partial charge is 0.220 e. The number of hydrogen-bond donors (Lipinski definition) is 1. The molecule has 0 spiro atoms. The molecule has 21 heavy (non-hydrogen) atoms. The first-order chi connectivity index (χ1) is 9.97. The summed E-state index contributed by atoms with van der Waals surface area (Å²) in [6, 6.07) is 0.169. The molecule has 0 bridgehead atoms. The van der Waals surface area contributed by atoms with Crippen molar-refractivity contribution < 1.29 is 4.79 Å². The Labute approximate surface area is 128 Å². The summed E-state index contributed by atoms with van der Waals surface area (Å²) in [4.78, 5) is 12.0. The van der Waals surface area contributed by atoms with Crippen LogP contribution in [0.3, 0.4) is 0 Å². The van der Waals surface area contributed by atoms with Crippen molar-refractivity contribution in [3.8, 4) is 0 Å². The Morgan fingerprint density at radius 2 is 2.05 bits per heavy atom. The summed E-state index contributed by atoms with van der Waals surface area (Å²) in [5.74, 6) is 0.988. The molecule has 1 aliphatic rings. The predicted molar refractivity (Wildman–Crippen MR) is 85.2 cm³/mol. The minimum absolute atomic E-state index is 0.169. The van der Waals surface area contributed by atoms with Crippen LogP contribution in [0.25, 0.3) is 0 Å². The maximum atomic E-state index is 12.0. The van der Waals surface area contributed by atoms with Crippen LogP contribution in [-0.4, -0.2) is 21.7 Å². The van der Waals surface area contributed by atoms with E-state index in [0.29, 0.717) is 6.42 Å². The van der Waals surface area contributed by atoms with Gasteiger partial charge >= 0.3 is 0 Å². The van der Waals surface area contributed by atoms with Crippen LogP contribution in [0.15, 0.2) is 0 Å². The first kappa shape index (κ1) is 16.1. The van der Waals surface area contributed by atoms with Crippen molar-refractivity contribution in [1.82, 2.24) is 15.1 Å². The summed E-state index contributed by atoms with van der Waals surface area (Å²) >= 11 is 0. The summed E-state index contributed by atoms with van der Waals surface area (Å²) in [5.41, 5.74) is 3.53. The lowest BCUT2D eigenvalue weighted by Crippen LogP contribution is -2.34. The summed E-state index contributed by atoms with van der Waals surface area (Å²) in [7, 11) is 1.97. The van der Waals surface area contributed by atoms with E-state index in [0.717, 1.165) is 24.5 Å². The zero-order valence-corrected chi connectivity index (χ0v) is 13.9. The summed E-state index contributed by atoms with van der Waals surface area (Å²) < 4.78 is 1.92. The van der Waals surface area contributed by atoms with E-state index in [1.807, 2.05) is 18.7 Å². The highest BCUT2D eigenvalue weighted by Gasteiger charge is 2.18. The molecule has 0 unspecified atom stereocenters. The fraction of sp³-hybridized carbons (Fsp3) is 0.765. The van der Waals surface area contributed by atoms with Crippen LogP contribution >= 0.6 is 0 Å². The van der Waals surface area contributed by atoms with Crippen molar-refractivity contribution in [3.63, 3.8) is 0 Å². The lowest BCUT2D eigenvalue weighted by Gasteiger charge is -2.15. The van der Waals surface area contributed by atoms with E-state index in [-0.39, 0.29) is 11.9 Å². The third-order valence-corrected chi connectivity index (χ3v) is 4.83. The third-order valence-electron chi connectivity index (χ3n) is 4.83. The van der Waals surface area contributed by atoms with Crippen molar-refractivity contribution >= 4 is 5.91 Å². The Balaban J connectivity index is 1.77. The molecule has 1 N–H and O–H groups in total. The molecule has 0 saturated heterocycles. The van der Waals surface area contributed by atoms with Gasteiger partial charge in [-0.25, -0.2) is 0 Å². The van der Waals surface area contributed by atoms with Crippen LogP contribution < -0.4 is 5.32 Å². The van der Waals surface area contributed by atoms with E-state index in [2.05, 4.69) is 24.3 Å². The second-order valence-electron chi connectivity index (χ2n) is 6.63. The van der Waals surface area contributed by atoms with Crippen molar-refractivity contribution in [2.75, 3.05) is 0 Å². The highest BCUT2D eigenvalue weighted by molar-refractivity contribution is 5.76. The van der Waals surface area contributed by atoms with Crippen LogP contribution in [0, 0.1) is 19.8 Å². The first-order valence-electron chi connectivity index (χ1n) is 8.25. The zero-order valence-electron chi connectivity index (χ0n) is 13.9. The number of aromatic nitrogens is 2. The molecule has 1 fully saturated rings. The molecule has 4 nitrogen and oxygen atoms in total. The van der Waals surface area contributed by atoms with E-state index in [9.17, 15) is 4.79 Å². The molecule has 1 amide bonds. The molecule has 1 atom stereocenters. The molecule has 4 heteroatoms. The molecule has 1 saturated carbocycles. The molecule has 0 aromatic carbocycles. The van der Waals surface area contributed by atoms with E-state index < -0.39 is 0 Å². The summed E-state index contributed by atoms with van der Waals surface area (Å²) in [6.45, 7) is 6.21. The van der Waals surface area contributed by atoms with E-state index in [4.69, 9.17) is 0 Å². The molecule has 2 rings (SSSR count). The van der Waals surface area contributed by atoms with Gasteiger partial charge in [0.05, 0.1) is 5.69 Å². The van der Waals surface area contributed by atoms with E-state index in [1.54, 1.807) is 0 Å². The van der Waals surface area contributed by atoms with Crippen molar-refractivity contribution in [2.24, 2.45) is 13.0 Å². The normalized spacial score (nSPS) is 17.1. The molecular weight excluding hydrogens is 262 g/mol. The minimum Gasteiger partial charge on any atom is -0.353 e. The number of carbonyl (C=O) groups is 1. The first-order valence-corrected chi connectivity index (χ1v) is 8.25. The van der Waals surface area contributed by atoms with Gasteiger partial charge in [-0.2, -0.15) is 5.10 Å². The zero-order chi connectivity index (χ0) is 15.4. The lowest BCUT2D eigenvalue weighted by atomic mass is 10.0. The van der Waals surface area contributed by atoms with Crippen LogP contribution in [0.5, 0.6) is 0 Å². The average Bonchev–Trinajstić information content (AvgIpc) is 3.01. The maximum Gasteiger partial charge on any atom is 0.220 e. The van der Waals surface area contributed by atoms with Gasteiger partial charge in [0.2, 0.25) is 5.91 Å². The van der Waals surface area contributed by atoms with Crippen LogP contribution in [0.2, 0.25) is 0 Å². The number of amides is 1.